The molecule has 28 heavy (non-hydrogen) atoms. The number of aliphatic hydroxyl groups excluding tert-OH is 2. The van der Waals surface area contributed by atoms with E-state index >= 15 is 0 Å². The van der Waals surface area contributed by atoms with Crippen LogP contribution in [0.15, 0.2) is 70.6 Å². The van der Waals surface area contributed by atoms with Gasteiger partial charge in [0.2, 0.25) is 0 Å². The average Bonchev–Trinajstić information content (AvgIpc) is 3.32. The van der Waals surface area contributed by atoms with Gasteiger partial charge in [-0.2, -0.15) is 0 Å². The van der Waals surface area contributed by atoms with E-state index in [-0.39, 0.29) is 31.9 Å². The maximum atomic E-state index is 12.8. The number of carbonyl (C=O) groups excluding carboxylic acids is 2. The summed E-state index contributed by atoms with van der Waals surface area (Å²) in [5.74, 6) is -1.36. The van der Waals surface area contributed by atoms with Crippen LogP contribution in [0, 0.1) is 0 Å². The predicted octanol–water partition coefficient (Wildman–Crippen LogP) is 2.27. The van der Waals surface area contributed by atoms with Gasteiger partial charge in [-0.15, -0.1) is 0 Å². The van der Waals surface area contributed by atoms with E-state index < -0.39 is 23.5 Å². The van der Waals surface area contributed by atoms with Crippen LogP contribution in [0.5, 0.6) is 0 Å². The topological polar surface area (TPSA) is 100 Å². The molecule has 1 amide bonds. The summed E-state index contributed by atoms with van der Waals surface area (Å²) in [5.41, 5.74) is 0.790. The van der Waals surface area contributed by atoms with Crippen LogP contribution >= 0.6 is 0 Å². The van der Waals surface area contributed by atoms with E-state index in [1.807, 2.05) is 30.3 Å². The number of nitrogens with zero attached hydrogens (tertiary/aromatic N) is 1. The molecule has 1 aromatic heterocycles. The molecule has 1 atom stereocenters. The second-order valence-corrected chi connectivity index (χ2v) is 6.12. The maximum Gasteiger partial charge on any atom is 0.290 e. The number of benzene rings is 1. The molecule has 7 heteroatoms. The Hall–Kier alpha value is -3.16. The summed E-state index contributed by atoms with van der Waals surface area (Å²) in [4.78, 5) is 26.7. The molecule has 1 aliphatic heterocycles. The first kappa shape index (κ1) is 19.6. The Balaban J connectivity index is 1.85. The lowest BCUT2D eigenvalue weighted by molar-refractivity contribution is -0.130. The molecule has 1 unspecified atom stereocenters. The monoisotopic (exact) mass is 383 g/mol. The molecule has 2 N–H and O–H groups in total. The number of furan rings is 1. The number of aliphatic hydroxyl groups is 2. The molecule has 0 saturated carbocycles. The van der Waals surface area contributed by atoms with E-state index in [1.165, 1.54) is 17.2 Å². The lowest BCUT2D eigenvalue weighted by Gasteiger charge is -2.24. The summed E-state index contributed by atoms with van der Waals surface area (Å²) >= 11 is 0. The van der Waals surface area contributed by atoms with Crippen molar-refractivity contribution in [2.45, 2.75) is 6.04 Å². The zero-order valence-corrected chi connectivity index (χ0v) is 15.2. The van der Waals surface area contributed by atoms with Crippen LogP contribution in [-0.2, 0) is 14.3 Å². The van der Waals surface area contributed by atoms with Gasteiger partial charge in [-0.05, 0) is 23.8 Å². The summed E-state index contributed by atoms with van der Waals surface area (Å²) in [6.45, 7) is 0.289. The summed E-state index contributed by atoms with van der Waals surface area (Å²) in [6, 6.07) is 11.7. The van der Waals surface area contributed by atoms with E-state index in [9.17, 15) is 14.7 Å². The van der Waals surface area contributed by atoms with E-state index in [2.05, 4.69) is 0 Å². The standard InChI is InChI=1S/C21H21NO6/c23-11-14-27-13-10-22-19(17-7-4-12-28-17)18(20(25)21(22)26)16(24)9-8-15-5-2-1-3-6-15/h1-9,12,19,23,25H,10-11,13-14H2/b9-8+. The summed E-state index contributed by atoms with van der Waals surface area (Å²) in [5, 5.41) is 19.2. The summed E-state index contributed by atoms with van der Waals surface area (Å²) in [6.07, 6.45) is 4.40. The minimum Gasteiger partial charge on any atom is -0.503 e. The van der Waals surface area contributed by atoms with Crippen molar-refractivity contribution in [3.8, 4) is 0 Å². The molecule has 146 valence electrons. The number of carbonyl (C=O) groups is 2. The summed E-state index contributed by atoms with van der Waals surface area (Å²) in [7, 11) is 0. The van der Waals surface area contributed by atoms with Crippen LogP contribution in [0.3, 0.4) is 0 Å². The lowest BCUT2D eigenvalue weighted by atomic mass is 10.0. The Bertz CT molecular complexity index is 870. The summed E-state index contributed by atoms with van der Waals surface area (Å²) < 4.78 is 10.6. The normalized spacial score (nSPS) is 17.1. The number of ether oxygens (including phenoxy) is 1. The van der Waals surface area contributed by atoms with Crippen LogP contribution in [-0.4, -0.2) is 53.2 Å². The molecule has 1 aromatic carbocycles. The van der Waals surface area contributed by atoms with Gasteiger partial charge in [0.05, 0.1) is 31.7 Å². The van der Waals surface area contributed by atoms with Gasteiger partial charge >= 0.3 is 0 Å². The van der Waals surface area contributed by atoms with Gasteiger partial charge in [-0.25, -0.2) is 0 Å². The Kier molecular flexibility index (Phi) is 6.41. The fraction of sp³-hybridized carbons (Fsp3) is 0.238. The molecule has 2 heterocycles. The fourth-order valence-corrected chi connectivity index (χ4v) is 3.03. The third kappa shape index (κ3) is 4.21. The van der Waals surface area contributed by atoms with E-state index in [0.717, 1.165) is 5.56 Å². The van der Waals surface area contributed by atoms with Gasteiger partial charge in [-0.3, -0.25) is 9.59 Å². The second kappa shape index (κ2) is 9.16. The molecule has 0 fully saturated rings. The third-order valence-electron chi connectivity index (χ3n) is 4.32. The van der Waals surface area contributed by atoms with Gasteiger partial charge in [0.15, 0.2) is 11.5 Å². The van der Waals surface area contributed by atoms with Crippen LogP contribution < -0.4 is 0 Å². The van der Waals surface area contributed by atoms with E-state index in [1.54, 1.807) is 18.2 Å². The molecule has 0 saturated heterocycles. The van der Waals surface area contributed by atoms with Gasteiger partial charge in [0.1, 0.15) is 11.8 Å². The zero-order valence-electron chi connectivity index (χ0n) is 15.2. The highest BCUT2D eigenvalue weighted by Gasteiger charge is 2.44. The van der Waals surface area contributed by atoms with Gasteiger partial charge in [0, 0.05) is 6.54 Å². The molecule has 2 aromatic rings. The second-order valence-electron chi connectivity index (χ2n) is 6.12. The molecule has 0 bridgehead atoms. The van der Waals surface area contributed by atoms with Crippen molar-refractivity contribution in [1.29, 1.82) is 0 Å². The quantitative estimate of drug-likeness (QED) is 0.509. The molecule has 0 radical (unpaired) electrons. The maximum absolute atomic E-state index is 12.8. The van der Waals surface area contributed by atoms with Gasteiger partial charge in [0.25, 0.3) is 5.91 Å². The smallest absolute Gasteiger partial charge is 0.290 e. The van der Waals surface area contributed by atoms with Crippen molar-refractivity contribution in [3.63, 3.8) is 0 Å². The molecule has 1 aliphatic rings. The van der Waals surface area contributed by atoms with Gasteiger partial charge in [-0.1, -0.05) is 36.4 Å². The molecule has 7 nitrogen and oxygen atoms in total. The van der Waals surface area contributed by atoms with Gasteiger partial charge < -0.3 is 24.3 Å². The van der Waals surface area contributed by atoms with Crippen molar-refractivity contribution >= 4 is 17.8 Å². The lowest BCUT2D eigenvalue weighted by Crippen LogP contribution is -2.34. The third-order valence-corrected chi connectivity index (χ3v) is 4.32. The highest BCUT2D eigenvalue weighted by molar-refractivity contribution is 6.14. The predicted molar refractivity (Wildman–Crippen MR) is 101 cm³/mol. The van der Waals surface area contributed by atoms with Crippen molar-refractivity contribution in [1.82, 2.24) is 4.90 Å². The van der Waals surface area contributed by atoms with Crippen molar-refractivity contribution in [2.24, 2.45) is 0 Å². The van der Waals surface area contributed by atoms with E-state index in [4.69, 9.17) is 14.3 Å². The number of hydrogen-bond acceptors (Lipinski definition) is 6. The first-order valence-corrected chi connectivity index (χ1v) is 8.87. The number of amides is 1. The fourth-order valence-electron chi connectivity index (χ4n) is 3.03. The molecular weight excluding hydrogens is 362 g/mol. The molecule has 0 aliphatic carbocycles. The zero-order chi connectivity index (χ0) is 19.9. The van der Waals surface area contributed by atoms with Crippen LogP contribution in [0.4, 0.5) is 0 Å². The van der Waals surface area contributed by atoms with Crippen LogP contribution in [0.1, 0.15) is 17.4 Å². The Morgan fingerprint density at radius 2 is 1.96 bits per heavy atom. The number of ketones is 1. The van der Waals surface area contributed by atoms with Crippen molar-refractivity contribution < 1.29 is 29.0 Å². The average molecular weight is 383 g/mol. The first-order valence-electron chi connectivity index (χ1n) is 8.87. The number of allylic oxidation sites excluding steroid dienone is 1. The highest BCUT2D eigenvalue weighted by atomic mass is 16.5. The minimum absolute atomic E-state index is 0.0331. The SMILES string of the molecule is O=C(/C=C/c1ccccc1)C1=C(O)C(=O)N(CCOCCO)C1c1ccco1. The molecule has 0 spiro atoms. The molecular formula is C21H21NO6. The largest absolute Gasteiger partial charge is 0.503 e. The van der Waals surface area contributed by atoms with Crippen LogP contribution in [0.2, 0.25) is 0 Å². The first-order chi connectivity index (χ1) is 13.6. The minimum atomic E-state index is -0.840. The van der Waals surface area contributed by atoms with Crippen LogP contribution in [0.25, 0.3) is 6.08 Å². The van der Waals surface area contributed by atoms with E-state index in [0.29, 0.717) is 5.76 Å². The Morgan fingerprint density at radius 1 is 1.18 bits per heavy atom. The number of rotatable bonds is 9. The van der Waals surface area contributed by atoms with Crippen molar-refractivity contribution in [2.75, 3.05) is 26.4 Å². The Morgan fingerprint density at radius 3 is 2.64 bits per heavy atom. The number of hydrogen-bond donors (Lipinski definition) is 2. The molecule has 3 rings (SSSR count). The Labute approximate surface area is 162 Å². The van der Waals surface area contributed by atoms with Crippen molar-refractivity contribution in [3.05, 3.63) is 77.5 Å². The highest BCUT2D eigenvalue weighted by Crippen LogP contribution is 2.37.